The van der Waals surface area contributed by atoms with Crippen molar-refractivity contribution >= 4 is 17.6 Å². The molecule has 3 atom stereocenters. The number of hydrogen-bond acceptors (Lipinski definition) is 6. The smallest absolute Gasteiger partial charge is 0.412 e. The van der Waals surface area contributed by atoms with E-state index in [2.05, 4.69) is 9.72 Å². The van der Waals surface area contributed by atoms with Crippen molar-refractivity contribution in [3.8, 4) is 17.7 Å². The van der Waals surface area contributed by atoms with E-state index >= 15 is 0 Å². The highest BCUT2D eigenvalue weighted by Gasteiger charge is 2.62. The monoisotopic (exact) mass is 530 g/mol. The number of halogens is 6. The summed E-state index contributed by atoms with van der Waals surface area (Å²) in [5, 5.41) is 8.28. The summed E-state index contributed by atoms with van der Waals surface area (Å²) in [6.07, 6.45) is -8.39. The Morgan fingerprint density at radius 1 is 1.22 bits per heavy atom. The van der Waals surface area contributed by atoms with Crippen LogP contribution in [-0.4, -0.2) is 29.8 Å². The van der Waals surface area contributed by atoms with Crippen molar-refractivity contribution in [3.63, 3.8) is 0 Å². The quantitative estimate of drug-likeness (QED) is 0.270. The number of hydrogen-bond donors (Lipinski definition) is 0. The van der Waals surface area contributed by atoms with Gasteiger partial charge in [-0.3, -0.25) is 4.79 Å². The average Bonchev–Trinajstić information content (AvgIpc) is 3.36. The van der Waals surface area contributed by atoms with E-state index in [0.29, 0.717) is 17.2 Å². The first-order chi connectivity index (χ1) is 16.7. The second-order valence-electron chi connectivity index (χ2n) is 8.55. The maximum Gasteiger partial charge on any atom is 0.412 e. The Kier molecular flexibility index (Phi) is 7.91. The van der Waals surface area contributed by atoms with E-state index in [4.69, 9.17) is 21.1 Å². The molecule has 1 heterocycles. The lowest BCUT2D eigenvalue weighted by Gasteiger charge is -2.17. The third kappa shape index (κ3) is 6.71. The summed E-state index contributed by atoms with van der Waals surface area (Å²) in [7, 11) is 0. The van der Waals surface area contributed by atoms with Gasteiger partial charge in [-0.05, 0) is 29.5 Å². The molecule has 1 aromatic carbocycles. The number of allylic oxidation sites excluding steroid dienone is 1. The molecule has 192 valence electrons. The second kappa shape index (κ2) is 10.4. The van der Waals surface area contributed by atoms with Gasteiger partial charge in [-0.15, -0.1) is 0 Å². The molecule has 3 unspecified atom stereocenters. The summed E-state index contributed by atoms with van der Waals surface area (Å²) < 4.78 is 79.0. The first-order valence-electron chi connectivity index (χ1n) is 10.5. The van der Waals surface area contributed by atoms with Crippen LogP contribution in [0.1, 0.15) is 25.5 Å². The van der Waals surface area contributed by atoms with E-state index in [1.54, 1.807) is 44.2 Å². The minimum absolute atomic E-state index is 0.301. The Morgan fingerprint density at radius 2 is 1.94 bits per heavy atom. The van der Waals surface area contributed by atoms with Gasteiger partial charge in [0, 0.05) is 17.8 Å². The lowest BCUT2D eigenvalue weighted by molar-refractivity contribution is -0.267. The van der Waals surface area contributed by atoms with E-state index < -0.39 is 53.2 Å². The van der Waals surface area contributed by atoms with Crippen molar-refractivity contribution in [3.05, 3.63) is 65.3 Å². The zero-order chi connectivity index (χ0) is 26.7. The molecule has 1 saturated carbocycles. The van der Waals surface area contributed by atoms with E-state index in [1.165, 1.54) is 18.3 Å². The molecule has 6 nitrogen and oxygen atoms in total. The predicted molar refractivity (Wildman–Crippen MR) is 117 cm³/mol. The Labute approximate surface area is 208 Å². The Bertz CT molecular complexity index is 1170. The average molecular weight is 531 g/mol. The fourth-order valence-electron chi connectivity index (χ4n) is 3.56. The van der Waals surface area contributed by atoms with Gasteiger partial charge in [-0.2, -0.15) is 27.2 Å². The zero-order valence-corrected chi connectivity index (χ0v) is 19.7. The van der Waals surface area contributed by atoms with Crippen LogP contribution in [0, 0.1) is 28.6 Å². The van der Waals surface area contributed by atoms with Crippen molar-refractivity contribution in [2.24, 2.45) is 17.3 Å². The predicted octanol–water partition coefficient (Wildman–Crippen LogP) is 6.55. The third-order valence-corrected chi connectivity index (χ3v) is 5.90. The van der Waals surface area contributed by atoms with Crippen LogP contribution in [-0.2, 0) is 14.3 Å². The lowest BCUT2D eigenvalue weighted by Crippen LogP contribution is -2.28. The maximum atomic E-state index is 13.9. The normalized spacial score (nSPS) is 20.2. The molecule has 0 spiro atoms. The van der Waals surface area contributed by atoms with E-state index in [9.17, 15) is 32.0 Å². The van der Waals surface area contributed by atoms with Crippen LogP contribution in [0.25, 0.3) is 0 Å². The third-order valence-electron chi connectivity index (χ3n) is 5.56. The first-order valence-corrected chi connectivity index (χ1v) is 10.9. The minimum atomic E-state index is -4.97. The summed E-state index contributed by atoms with van der Waals surface area (Å²) >= 11 is 5.54. The molecule has 3 rings (SSSR count). The summed E-state index contributed by atoms with van der Waals surface area (Å²) in [5.41, 5.74) is -0.601. The van der Waals surface area contributed by atoms with Gasteiger partial charge in [0.25, 0.3) is 0 Å². The number of benzene rings is 1. The molecule has 0 saturated heterocycles. The molecule has 36 heavy (non-hydrogen) atoms. The fraction of sp³-hybridized carbons (Fsp3) is 0.375. The highest BCUT2D eigenvalue weighted by atomic mass is 35.5. The maximum absolute atomic E-state index is 13.9. The van der Waals surface area contributed by atoms with Crippen LogP contribution in [0.2, 0.25) is 0 Å². The number of esters is 1. The van der Waals surface area contributed by atoms with Gasteiger partial charge in [0.15, 0.2) is 0 Å². The summed E-state index contributed by atoms with van der Waals surface area (Å²) in [6, 6.07) is 13.1. The number of pyridine rings is 1. The SMILES string of the molecule is CC1(C)C(C=C(Cl)C(F)(F)OCC(F)(F)F)C1C(=O)OC(C#N)c1cccc(Oc2ccccn2)c1. The standard InChI is InChI=1S/C24H20ClF5N2O4/c1-22(2)16(11-18(25)24(29,30)34-13-23(26,27)28)20(22)21(33)36-17(12-31)14-6-5-7-15(10-14)35-19-8-3-4-9-32-19/h3-11,16-17,20H,13H2,1-2H3. The molecule has 0 amide bonds. The van der Waals surface area contributed by atoms with Gasteiger partial charge in [-0.1, -0.05) is 49.7 Å². The van der Waals surface area contributed by atoms with Crippen molar-refractivity contribution in [1.29, 1.82) is 5.26 Å². The number of nitriles is 1. The van der Waals surface area contributed by atoms with Crippen LogP contribution in [0.15, 0.2) is 59.8 Å². The molecule has 1 aliphatic carbocycles. The highest BCUT2D eigenvalue weighted by Crippen LogP contribution is 2.60. The van der Waals surface area contributed by atoms with Crippen LogP contribution >= 0.6 is 11.6 Å². The van der Waals surface area contributed by atoms with Gasteiger partial charge in [0.1, 0.15) is 23.5 Å². The van der Waals surface area contributed by atoms with E-state index in [-0.39, 0.29) is 0 Å². The van der Waals surface area contributed by atoms with Gasteiger partial charge in [0.05, 0.1) is 5.92 Å². The van der Waals surface area contributed by atoms with Gasteiger partial charge < -0.3 is 14.2 Å². The molecule has 0 aliphatic heterocycles. The molecule has 0 N–H and O–H groups in total. The second-order valence-corrected chi connectivity index (χ2v) is 8.96. The van der Waals surface area contributed by atoms with Crippen molar-refractivity contribution in [1.82, 2.24) is 4.98 Å². The van der Waals surface area contributed by atoms with Crippen LogP contribution < -0.4 is 4.74 Å². The molecule has 2 aromatic rings. The lowest BCUT2D eigenvalue weighted by atomic mass is 10.1. The zero-order valence-electron chi connectivity index (χ0n) is 18.9. The summed E-state index contributed by atoms with van der Waals surface area (Å²) in [6.45, 7) is 0.944. The number of ether oxygens (including phenoxy) is 3. The molecule has 1 fully saturated rings. The number of alkyl halides is 5. The van der Waals surface area contributed by atoms with Crippen LogP contribution in [0.3, 0.4) is 0 Å². The number of carbonyl (C=O) groups excluding carboxylic acids is 1. The summed E-state index contributed by atoms with van der Waals surface area (Å²) in [4.78, 5) is 16.8. The molecule has 0 bridgehead atoms. The molecule has 0 radical (unpaired) electrons. The number of carbonyl (C=O) groups is 1. The van der Waals surface area contributed by atoms with E-state index in [1.807, 2.05) is 6.07 Å². The Balaban J connectivity index is 1.69. The summed E-state index contributed by atoms with van der Waals surface area (Å²) in [5.74, 6) is -2.05. The molecule has 1 aliphatic rings. The number of rotatable bonds is 9. The molecule has 12 heteroatoms. The number of nitrogens with zero attached hydrogens (tertiary/aromatic N) is 2. The number of aromatic nitrogens is 1. The largest absolute Gasteiger partial charge is 0.442 e. The minimum Gasteiger partial charge on any atom is -0.442 e. The van der Waals surface area contributed by atoms with Gasteiger partial charge in [0.2, 0.25) is 12.0 Å². The van der Waals surface area contributed by atoms with Crippen molar-refractivity contribution < 1.29 is 41.0 Å². The molecular formula is C24H20ClF5N2O4. The first kappa shape index (κ1) is 27.4. The highest BCUT2D eigenvalue weighted by molar-refractivity contribution is 6.30. The van der Waals surface area contributed by atoms with E-state index in [0.717, 1.165) is 6.08 Å². The fourth-order valence-corrected chi connectivity index (χ4v) is 3.75. The van der Waals surface area contributed by atoms with Crippen molar-refractivity contribution in [2.45, 2.75) is 32.2 Å². The Hall–Kier alpha value is -3.23. The molecular weight excluding hydrogens is 511 g/mol. The van der Waals surface area contributed by atoms with Crippen LogP contribution in [0.4, 0.5) is 22.0 Å². The van der Waals surface area contributed by atoms with Gasteiger partial charge in [-0.25, -0.2) is 4.98 Å². The topological polar surface area (TPSA) is 81.4 Å². The molecule has 1 aromatic heterocycles. The van der Waals surface area contributed by atoms with Crippen LogP contribution in [0.5, 0.6) is 11.6 Å². The van der Waals surface area contributed by atoms with Gasteiger partial charge >= 0.3 is 18.3 Å². The Morgan fingerprint density at radius 3 is 2.56 bits per heavy atom. The van der Waals surface area contributed by atoms with Crippen molar-refractivity contribution in [2.75, 3.05) is 6.61 Å².